The second-order valence-electron chi connectivity index (χ2n) is 10.2. The first-order chi connectivity index (χ1) is 19.9. The summed E-state index contributed by atoms with van der Waals surface area (Å²) in [5.41, 5.74) is 2.21. The number of carbonyl (C=O) groups excluding carboxylic acids is 3. The molecular formula is C29H29BrClFN3O6P. The Hall–Kier alpha value is -2.95. The number of hydrogen-bond donors (Lipinski definition) is 3. The highest BCUT2D eigenvalue weighted by atomic mass is 79.9. The lowest BCUT2D eigenvalue weighted by Gasteiger charge is -2.32. The first-order valence-corrected chi connectivity index (χ1v) is 16.2. The number of anilines is 1. The van der Waals surface area contributed by atoms with E-state index in [-0.39, 0.29) is 39.8 Å². The number of ketones is 1. The first kappa shape index (κ1) is 32.0. The zero-order chi connectivity index (χ0) is 30.6. The molecule has 3 N–H and O–H groups in total. The van der Waals surface area contributed by atoms with Crippen molar-refractivity contribution >= 4 is 58.4 Å². The molecule has 0 saturated heterocycles. The highest BCUT2D eigenvalue weighted by molar-refractivity contribution is 9.10. The number of Topliss-reactive ketones (excluding diaryl/α,β-unsaturated/α-hetero) is 1. The van der Waals surface area contributed by atoms with Crippen LogP contribution >= 0.6 is 35.1 Å². The van der Waals surface area contributed by atoms with Gasteiger partial charge in [-0.2, -0.15) is 0 Å². The summed E-state index contributed by atoms with van der Waals surface area (Å²) in [4.78, 5) is 64.5. The van der Waals surface area contributed by atoms with E-state index < -0.39 is 37.3 Å². The first-order valence-electron chi connectivity index (χ1n) is 13.2. The van der Waals surface area contributed by atoms with Crippen molar-refractivity contribution in [3.05, 3.63) is 81.3 Å². The van der Waals surface area contributed by atoms with Gasteiger partial charge in [0.25, 0.3) is 0 Å². The number of nitrogens with one attached hydrogen (secondary N) is 1. The number of aromatic nitrogens is 1. The Morgan fingerprint density at radius 3 is 2.67 bits per heavy atom. The van der Waals surface area contributed by atoms with Crippen molar-refractivity contribution in [3.8, 4) is 11.1 Å². The SMILES string of the molecule is C[C@@H]1CCC[C@H](N(CCC(=O)c2c(Br)ccc(Cl)c2F)C(=O)CP(=O)(O)O)c2cc(ccn2)-c2ccccc2NC1=O. The number of halogens is 3. The Morgan fingerprint density at radius 2 is 1.93 bits per heavy atom. The van der Waals surface area contributed by atoms with Gasteiger partial charge >= 0.3 is 7.60 Å². The van der Waals surface area contributed by atoms with Gasteiger partial charge < -0.3 is 20.0 Å². The third-order valence-corrected chi connectivity index (χ3v) is 8.76. The molecule has 1 aromatic heterocycles. The van der Waals surface area contributed by atoms with Crippen LogP contribution in [0.4, 0.5) is 10.1 Å². The predicted molar refractivity (Wildman–Crippen MR) is 161 cm³/mol. The summed E-state index contributed by atoms with van der Waals surface area (Å²) < 4.78 is 26.8. The maximum Gasteiger partial charge on any atom is 0.334 e. The fourth-order valence-electron chi connectivity index (χ4n) is 4.96. The highest BCUT2D eigenvalue weighted by Gasteiger charge is 2.32. The van der Waals surface area contributed by atoms with Gasteiger partial charge in [-0.15, -0.1) is 0 Å². The van der Waals surface area contributed by atoms with Crippen molar-refractivity contribution in [3.63, 3.8) is 0 Å². The van der Waals surface area contributed by atoms with Crippen LogP contribution in [0.2, 0.25) is 5.02 Å². The van der Waals surface area contributed by atoms with Gasteiger partial charge in [0.2, 0.25) is 11.8 Å². The van der Waals surface area contributed by atoms with E-state index >= 15 is 0 Å². The van der Waals surface area contributed by atoms with E-state index in [1.54, 1.807) is 37.4 Å². The molecule has 222 valence electrons. The fourth-order valence-corrected chi connectivity index (χ4v) is 6.18. The van der Waals surface area contributed by atoms with E-state index in [0.717, 1.165) is 5.56 Å². The lowest BCUT2D eigenvalue weighted by atomic mass is 9.94. The van der Waals surface area contributed by atoms with Gasteiger partial charge in [0.05, 0.1) is 22.3 Å². The quantitative estimate of drug-likeness (QED) is 0.150. The lowest BCUT2D eigenvalue weighted by Crippen LogP contribution is -2.39. The minimum Gasteiger partial charge on any atom is -0.333 e. The number of hydrogen-bond acceptors (Lipinski definition) is 5. The number of amides is 2. The Morgan fingerprint density at radius 1 is 1.19 bits per heavy atom. The van der Waals surface area contributed by atoms with Crippen LogP contribution in [0.1, 0.15) is 54.7 Å². The van der Waals surface area contributed by atoms with Crippen LogP contribution < -0.4 is 5.32 Å². The molecule has 0 aliphatic carbocycles. The summed E-state index contributed by atoms with van der Waals surface area (Å²) in [7, 11) is -4.77. The summed E-state index contributed by atoms with van der Waals surface area (Å²) in [6.45, 7) is 1.53. The topological polar surface area (TPSA) is 137 Å². The molecule has 0 fully saturated rings. The number of carbonyl (C=O) groups is 3. The van der Waals surface area contributed by atoms with Gasteiger partial charge in [-0.25, -0.2) is 4.39 Å². The Balaban J connectivity index is 1.76. The van der Waals surface area contributed by atoms with Crippen molar-refractivity contribution in [1.29, 1.82) is 0 Å². The number of nitrogens with zero attached hydrogens (tertiary/aromatic N) is 2. The van der Waals surface area contributed by atoms with E-state index in [4.69, 9.17) is 11.6 Å². The van der Waals surface area contributed by atoms with Crippen LogP contribution in [0.3, 0.4) is 0 Å². The Bertz CT molecular complexity index is 1570. The van der Waals surface area contributed by atoms with Crippen molar-refractivity contribution in [2.24, 2.45) is 5.92 Å². The van der Waals surface area contributed by atoms with Crippen molar-refractivity contribution < 1.29 is 33.1 Å². The van der Waals surface area contributed by atoms with Crippen molar-refractivity contribution in [1.82, 2.24) is 9.88 Å². The second kappa shape index (κ2) is 13.6. The maximum absolute atomic E-state index is 14.8. The van der Waals surface area contributed by atoms with Crippen molar-refractivity contribution in [2.45, 2.75) is 38.6 Å². The van der Waals surface area contributed by atoms with Crippen LogP contribution in [0.5, 0.6) is 0 Å². The van der Waals surface area contributed by atoms with Crippen LogP contribution in [-0.2, 0) is 14.2 Å². The third-order valence-electron chi connectivity index (χ3n) is 7.12. The molecule has 2 bridgehead atoms. The molecule has 9 nitrogen and oxygen atoms in total. The second-order valence-corrected chi connectivity index (χ2v) is 13.1. The molecule has 0 spiro atoms. The molecular weight excluding hydrogens is 652 g/mol. The molecule has 2 heterocycles. The minimum atomic E-state index is -4.77. The average Bonchev–Trinajstić information content (AvgIpc) is 2.93. The van der Waals surface area contributed by atoms with E-state index in [1.165, 1.54) is 17.0 Å². The maximum atomic E-state index is 14.8. The predicted octanol–water partition coefficient (Wildman–Crippen LogP) is 6.38. The molecule has 42 heavy (non-hydrogen) atoms. The summed E-state index contributed by atoms with van der Waals surface area (Å²) >= 11 is 9.06. The van der Waals surface area contributed by atoms with Gasteiger partial charge in [0.15, 0.2) is 11.6 Å². The Labute approximate surface area is 255 Å². The van der Waals surface area contributed by atoms with E-state index in [2.05, 4.69) is 26.2 Å². The molecule has 2 amide bonds. The Kier molecular flexibility index (Phi) is 10.3. The van der Waals surface area contributed by atoms with Crippen LogP contribution in [-0.4, -0.2) is 50.0 Å². The fraction of sp³-hybridized carbons (Fsp3) is 0.310. The van der Waals surface area contributed by atoms with Crippen LogP contribution in [0.25, 0.3) is 11.1 Å². The zero-order valence-electron chi connectivity index (χ0n) is 22.6. The van der Waals surface area contributed by atoms with Gasteiger partial charge in [0.1, 0.15) is 6.16 Å². The number of para-hydroxylation sites is 1. The van der Waals surface area contributed by atoms with E-state index in [0.29, 0.717) is 36.2 Å². The minimum absolute atomic E-state index is 0.164. The summed E-state index contributed by atoms with van der Waals surface area (Å²) in [6, 6.07) is 12.7. The van der Waals surface area contributed by atoms with E-state index in [1.807, 2.05) is 12.1 Å². The number of benzene rings is 2. The van der Waals surface area contributed by atoms with Gasteiger partial charge in [-0.05, 0) is 64.7 Å². The molecule has 2 aromatic carbocycles. The van der Waals surface area contributed by atoms with E-state index in [9.17, 15) is 33.1 Å². The normalized spacial score (nSPS) is 17.3. The average molecular weight is 681 g/mol. The molecule has 1 aliphatic heterocycles. The summed E-state index contributed by atoms with van der Waals surface area (Å²) in [5.74, 6) is -2.96. The van der Waals surface area contributed by atoms with Gasteiger partial charge in [-0.1, -0.05) is 43.1 Å². The molecule has 13 heteroatoms. The molecule has 2 atom stereocenters. The van der Waals surface area contributed by atoms with Crippen LogP contribution in [0, 0.1) is 11.7 Å². The zero-order valence-corrected chi connectivity index (χ0v) is 25.8. The lowest BCUT2D eigenvalue weighted by molar-refractivity contribution is -0.131. The number of rotatable bonds is 7. The molecule has 1 aliphatic rings. The smallest absolute Gasteiger partial charge is 0.333 e. The third kappa shape index (κ3) is 7.71. The largest absolute Gasteiger partial charge is 0.334 e. The molecule has 0 radical (unpaired) electrons. The molecule has 0 unspecified atom stereocenters. The monoisotopic (exact) mass is 679 g/mol. The van der Waals surface area contributed by atoms with Gasteiger partial charge in [0, 0.05) is 40.8 Å². The molecule has 3 aromatic rings. The van der Waals surface area contributed by atoms with Crippen LogP contribution in [0.15, 0.2) is 59.2 Å². The van der Waals surface area contributed by atoms with Crippen molar-refractivity contribution in [2.75, 3.05) is 18.0 Å². The number of pyridine rings is 1. The van der Waals surface area contributed by atoms with Gasteiger partial charge in [-0.3, -0.25) is 23.9 Å². The molecule has 0 saturated carbocycles. The summed E-state index contributed by atoms with van der Waals surface area (Å²) in [5, 5.41) is 2.74. The molecule has 4 rings (SSSR count). The summed E-state index contributed by atoms with van der Waals surface area (Å²) in [6.07, 6.45) is 1.36. The highest BCUT2D eigenvalue weighted by Crippen LogP contribution is 2.38. The number of fused-ring (bicyclic) bond motifs is 4. The standard InChI is InChI=1S/C29H29BrClFN3O6P/c1-17-5-4-8-24(23-15-18(11-13-33-23)19-6-2-3-7-22(19)34-29(17)38)35(26(37)16-42(39,40)41)14-12-25(36)27-20(30)9-10-21(31)28(27)32/h2-3,6-7,9-11,13,15,17,24H,4-5,8,12,14,16H2,1H3,(H,34,38)(H2,39,40,41)/t17-,24+/m1/s1.